The minimum Gasteiger partial charge on any atom is -0.476 e. The van der Waals surface area contributed by atoms with Gasteiger partial charge in [-0.1, -0.05) is 0 Å². The van der Waals surface area contributed by atoms with E-state index in [4.69, 9.17) is 5.11 Å². The number of aromatic carboxylic acids is 1. The number of rotatable bonds is 5. The van der Waals surface area contributed by atoms with E-state index >= 15 is 0 Å². The molecular weight excluding hydrogens is 326 g/mol. The first-order valence-electron chi connectivity index (χ1n) is 4.97. The van der Waals surface area contributed by atoms with E-state index in [0.29, 0.717) is 11.3 Å². The lowest BCUT2D eigenvalue weighted by Crippen LogP contribution is -2.15. The van der Waals surface area contributed by atoms with E-state index in [1.807, 2.05) is 0 Å². The summed E-state index contributed by atoms with van der Waals surface area (Å²) in [6.07, 6.45) is 0. The third kappa shape index (κ3) is 2.84. The molecule has 8 nitrogen and oxygen atoms in total. The van der Waals surface area contributed by atoms with E-state index in [1.54, 1.807) is 0 Å². The summed E-state index contributed by atoms with van der Waals surface area (Å²) >= 11 is 1.62. The van der Waals surface area contributed by atoms with Crippen LogP contribution >= 0.6 is 22.7 Å². The summed E-state index contributed by atoms with van der Waals surface area (Å²) in [6, 6.07) is 0. The average Bonchev–Trinajstić information content (AvgIpc) is 2.95. The van der Waals surface area contributed by atoms with Gasteiger partial charge in [0, 0.05) is 12.3 Å². The predicted molar refractivity (Wildman–Crippen MR) is 72.0 cm³/mol. The van der Waals surface area contributed by atoms with Crippen LogP contribution in [0.1, 0.15) is 27.9 Å². The predicted octanol–water partition coefficient (Wildman–Crippen LogP) is 1.30. The first-order chi connectivity index (χ1) is 9.31. The molecule has 11 heteroatoms. The number of carbonyl (C=O) groups is 2. The van der Waals surface area contributed by atoms with E-state index in [9.17, 15) is 18.0 Å². The average molecular weight is 333 g/mol. The first-order valence-corrected chi connectivity index (χ1v) is 8.21. The highest BCUT2D eigenvalue weighted by Crippen LogP contribution is 2.25. The van der Waals surface area contributed by atoms with Crippen molar-refractivity contribution >= 4 is 49.6 Å². The number of carboxylic acid groups (broad SMARTS) is 1. The summed E-state index contributed by atoms with van der Waals surface area (Å²) in [7, 11) is -4.10. The first kappa shape index (κ1) is 14.6. The van der Waals surface area contributed by atoms with Crippen LogP contribution in [0.4, 0.5) is 5.13 Å². The molecule has 2 aromatic rings. The standard InChI is InChI=1S/C9H7N3O5S3/c1-4(13)5-2-18-9(11-5)12-20(16,17)8-6(7(14)15)10-3-19-8/h2-3H,1H3,(H,11,12)(H,14,15). The Balaban J connectivity index is 2.33. The van der Waals surface area contributed by atoms with Gasteiger partial charge in [0.25, 0.3) is 10.0 Å². The number of anilines is 1. The van der Waals surface area contributed by atoms with Crippen LogP contribution < -0.4 is 4.72 Å². The van der Waals surface area contributed by atoms with Gasteiger partial charge >= 0.3 is 5.97 Å². The van der Waals surface area contributed by atoms with Crippen molar-refractivity contribution in [2.45, 2.75) is 11.1 Å². The molecule has 0 amide bonds. The number of ketones is 1. The molecule has 0 saturated heterocycles. The van der Waals surface area contributed by atoms with E-state index < -0.39 is 25.9 Å². The number of sulfonamides is 1. The lowest BCUT2D eigenvalue weighted by molar-refractivity contribution is 0.0687. The molecule has 0 spiro atoms. The van der Waals surface area contributed by atoms with Crippen LogP contribution in [0.15, 0.2) is 15.1 Å². The summed E-state index contributed by atoms with van der Waals surface area (Å²) < 4.78 is 25.8. The van der Waals surface area contributed by atoms with Crippen LogP contribution in [0.25, 0.3) is 0 Å². The lowest BCUT2D eigenvalue weighted by atomic mass is 10.4. The third-order valence-corrected chi connectivity index (χ3v) is 5.66. The number of Topliss-reactive ketones (excluding diaryl/α,β-unsaturated/α-hetero) is 1. The van der Waals surface area contributed by atoms with E-state index in [1.165, 1.54) is 12.3 Å². The quantitative estimate of drug-likeness (QED) is 0.790. The summed E-state index contributed by atoms with van der Waals surface area (Å²) in [6.45, 7) is 1.30. The molecule has 2 N–H and O–H groups in total. The molecule has 0 aliphatic carbocycles. The van der Waals surface area contributed by atoms with E-state index in [-0.39, 0.29) is 16.6 Å². The minimum atomic E-state index is -4.10. The highest BCUT2D eigenvalue weighted by atomic mass is 32.2. The molecule has 106 valence electrons. The fraction of sp³-hybridized carbons (Fsp3) is 0.111. The smallest absolute Gasteiger partial charge is 0.356 e. The number of hydrogen-bond donors (Lipinski definition) is 2. The van der Waals surface area contributed by atoms with Gasteiger partial charge in [0.15, 0.2) is 20.8 Å². The van der Waals surface area contributed by atoms with Gasteiger partial charge < -0.3 is 5.11 Å². The summed E-state index contributed by atoms with van der Waals surface area (Å²) in [5, 5.41) is 10.2. The Bertz CT molecular complexity index is 776. The summed E-state index contributed by atoms with van der Waals surface area (Å²) in [5.41, 5.74) is 0.710. The van der Waals surface area contributed by atoms with Crippen molar-refractivity contribution in [3.8, 4) is 0 Å². The Morgan fingerprint density at radius 3 is 2.60 bits per heavy atom. The number of aromatic nitrogens is 2. The second-order valence-corrected chi connectivity index (χ2v) is 7.08. The second-order valence-electron chi connectivity index (χ2n) is 3.49. The van der Waals surface area contributed by atoms with Gasteiger partial charge in [-0.2, -0.15) is 0 Å². The van der Waals surface area contributed by atoms with Gasteiger partial charge in [-0.15, -0.1) is 22.7 Å². The molecule has 2 heterocycles. The number of nitrogens with zero attached hydrogens (tertiary/aromatic N) is 2. The number of thiazole rings is 2. The molecule has 2 rings (SSSR count). The molecular formula is C9H7N3O5S3. The van der Waals surface area contributed by atoms with Crippen molar-refractivity contribution in [3.05, 3.63) is 22.3 Å². The molecule has 20 heavy (non-hydrogen) atoms. The summed E-state index contributed by atoms with van der Waals surface area (Å²) in [4.78, 5) is 29.2. The van der Waals surface area contributed by atoms with Gasteiger partial charge in [0.2, 0.25) is 0 Å². The highest BCUT2D eigenvalue weighted by molar-refractivity contribution is 7.94. The van der Waals surface area contributed by atoms with Crippen LogP contribution in [0.2, 0.25) is 0 Å². The Kier molecular flexibility index (Phi) is 3.83. The lowest BCUT2D eigenvalue weighted by Gasteiger charge is -2.02. The normalized spacial score (nSPS) is 11.2. The van der Waals surface area contributed by atoms with Crippen LogP contribution in [0.5, 0.6) is 0 Å². The van der Waals surface area contributed by atoms with Crippen LogP contribution in [0, 0.1) is 0 Å². The van der Waals surface area contributed by atoms with Crippen molar-refractivity contribution in [3.63, 3.8) is 0 Å². The Hall–Kier alpha value is -1.85. The van der Waals surface area contributed by atoms with Gasteiger partial charge in [-0.3, -0.25) is 9.52 Å². The largest absolute Gasteiger partial charge is 0.476 e. The molecule has 0 radical (unpaired) electrons. The van der Waals surface area contributed by atoms with Crippen molar-refractivity contribution < 1.29 is 23.1 Å². The van der Waals surface area contributed by atoms with Crippen molar-refractivity contribution in [2.75, 3.05) is 4.72 Å². The molecule has 2 aromatic heterocycles. The zero-order chi connectivity index (χ0) is 14.9. The molecule has 0 fully saturated rings. The maximum absolute atomic E-state index is 12.0. The Morgan fingerprint density at radius 1 is 1.35 bits per heavy atom. The van der Waals surface area contributed by atoms with E-state index in [2.05, 4.69) is 14.7 Å². The van der Waals surface area contributed by atoms with Crippen molar-refractivity contribution in [1.82, 2.24) is 9.97 Å². The van der Waals surface area contributed by atoms with Gasteiger partial charge in [-0.05, 0) is 0 Å². The second kappa shape index (κ2) is 5.26. The maximum atomic E-state index is 12.0. The van der Waals surface area contributed by atoms with Gasteiger partial charge in [0.1, 0.15) is 5.69 Å². The Labute approximate surface area is 121 Å². The minimum absolute atomic E-state index is 0.0139. The van der Waals surface area contributed by atoms with Crippen LogP contribution in [-0.2, 0) is 10.0 Å². The Morgan fingerprint density at radius 2 is 2.05 bits per heavy atom. The maximum Gasteiger partial charge on any atom is 0.356 e. The highest BCUT2D eigenvalue weighted by Gasteiger charge is 2.26. The van der Waals surface area contributed by atoms with Crippen molar-refractivity contribution in [2.24, 2.45) is 0 Å². The van der Waals surface area contributed by atoms with Gasteiger partial charge in [-0.25, -0.2) is 23.2 Å². The van der Waals surface area contributed by atoms with Crippen molar-refractivity contribution in [1.29, 1.82) is 0 Å². The molecule has 0 aliphatic rings. The van der Waals surface area contributed by atoms with E-state index in [0.717, 1.165) is 16.8 Å². The monoisotopic (exact) mass is 333 g/mol. The van der Waals surface area contributed by atoms with Crippen LogP contribution in [0.3, 0.4) is 0 Å². The zero-order valence-electron chi connectivity index (χ0n) is 9.85. The fourth-order valence-corrected chi connectivity index (χ4v) is 4.36. The SMILES string of the molecule is CC(=O)c1csc(NS(=O)(=O)c2scnc2C(=O)O)n1. The molecule has 0 bridgehead atoms. The molecule has 0 atom stereocenters. The molecule has 0 aromatic carbocycles. The molecule has 0 unspecified atom stereocenters. The number of nitrogens with one attached hydrogen (secondary N) is 1. The molecule has 0 saturated carbocycles. The van der Waals surface area contributed by atoms with Crippen LogP contribution in [-0.4, -0.2) is 35.2 Å². The molecule has 0 aliphatic heterocycles. The zero-order valence-corrected chi connectivity index (χ0v) is 12.3. The number of carbonyl (C=O) groups excluding carboxylic acids is 1. The third-order valence-electron chi connectivity index (χ3n) is 2.07. The fourth-order valence-electron chi connectivity index (χ4n) is 1.21. The number of carboxylic acids is 1. The summed E-state index contributed by atoms with van der Waals surface area (Å²) in [5.74, 6) is -1.73. The van der Waals surface area contributed by atoms with Gasteiger partial charge in [0.05, 0.1) is 5.51 Å². The number of hydrogen-bond acceptors (Lipinski definition) is 8. The topological polar surface area (TPSA) is 126 Å².